The number of rotatable bonds is 1. The summed E-state index contributed by atoms with van der Waals surface area (Å²) in [6.45, 7) is 0. The monoisotopic (exact) mass is 261 g/mol. The van der Waals surface area contributed by atoms with E-state index in [-0.39, 0.29) is 5.56 Å². The lowest BCUT2D eigenvalue weighted by molar-refractivity contribution is 0.895. The number of hydrogen-bond donors (Lipinski definition) is 1. The highest BCUT2D eigenvalue weighted by Crippen LogP contribution is 2.22. The van der Waals surface area contributed by atoms with Gasteiger partial charge in [0, 0.05) is 10.8 Å². The number of pyridine rings is 1. The van der Waals surface area contributed by atoms with E-state index in [1.54, 1.807) is 10.9 Å². The zero-order chi connectivity index (χ0) is 13.5. The summed E-state index contributed by atoms with van der Waals surface area (Å²) in [5, 5.41) is 6.96. The fraction of sp³-hybridized carbons (Fsp3) is 0. The van der Waals surface area contributed by atoms with E-state index in [1.807, 2.05) is 54.6 Å². The number of nitrogens with zero attached hydrogens (tertiary/aromatic N) is 2. The van der Waals surface area contributed by atoms with E-state index in [1.165, 1.54) is 0 Å². The summed E-state index contributed by atoms with van der Waals surface area (Å²) in [6, 6.07) is 17.3. The Bertz CT molecular complexity index is 967. The highest BCUT2D eigenvalue weighted by atomic mass is 16.1. The normalized spacial score (nSPS) is 11.2. The molecule has 0 bridgehead atoms. The molecule has 0 spiro atoms. The van der Waals surface area contributed by atoms with Crippen LogP contribution < -0.4 is 5.56 Å². The number of benzene rings is 2. The Morgan fingerprint density at radius 1 is 0.850 bits per heavy atom. The molecule has 0 aliphatic rings. The van der Waals surface area contributed by atoms with Crippen LogP contribution in [0.3, 0.4) is 0 Å². The largest absolute Gasteiger partial charge is 0.306 e. The summed E-state index contributed by atoms with van der Waals surface area (Å²) < 4.78 is 1.75. The number of H-pyrrole nitrogens is 1. The van der Waals surface area contributed by atoms with Crippen LogP contribution in [0.25, 0.3) is 27.5 Å². The van der Waals surface area contributed by atoms with Gasteiger partial charge in [-0.15, -0.1) is 0 Å². The molecule has 1 N–H and O–H groups in total. The van der Waals surface area contributed by atoms with Crippen LogP contribution in [0.5, 0.6) is 0 Å². The van der Waals surface area contributed by atoms with E-state index in [0.717, 1.165) is 22.1 Å². The maximum absolute atomic E-state index is 12.2. The molecule has 0 aliphatic carbocycles. The molecule has 0 aliphatic heterocycles. The molecule has 4 aromatic rings. The van der Waals surface area contributed by atoms with Gasteiger partial charge in [-0.2, -0.15) is 5.10 Å². The second-order valence-electron chi connectivity index (χ2n) is 4.65. The minimum Gasteiger partial charge on any atom is -0.306 e. The van der Waals surface area contributed by atoms with Crippen molar-refractivity contribution in [1.82, 2.24) is 14.8 Å². The third-order valence-corrected chi connectivity index (χ3v) is 3.46. The van der Waals surface area contributed by atoms with Crippen molar-refractivity contribution in [1.29, 1.82) is 0 Å². The van der Waals surface area contributed by atoms with Gasteiger partial charge in [0.05, 0.1) is 11.9 Å². The Hall–Kier alpha value is -2.88. The standard InChI is InChI=1S/C16H11N3O/c20-16-13-9-5-4-8-12(13)14-10-17-19(15(14)18-16)11-6-2-1-3-7-11/h1-10H,(H,18,20). The minimum atomic E-state index is -0.0919. The van der Waals surface area contributed by atoms with Gasteiger partial charge < -0.3 is 4.98 Å². The van der Waals surface area contributed by atoms with Gasteiger partial charge in [0.25, 0.3) is 5.56 Å². The SMILES string of the molecule is O=c1[nH]c2c(cnn2-c2ccccc2)c2ccccc12. The van der Waals surface area contributed by atoms with Gasteiger partial charge in [0.2, 0.25) is 0 Å². The summed E-state index contributed by atoms with van der Waals surface area (Å²) in [5.74, 6) is 0. The molecule has 0 saturated carbocycles. The summed E-state index contributed by atoms with van der Waals surface area (Å²) in [6.07, 6.45) is 1.79. The molecule has 4 heteroatoms. The van der Waals surface area contributed by atoms with Crippen molar-refractivity contribution < 1.29 is 0 Å². The highest BCUT2D eigenvalue weighted by molar-refractivity contribution is 6.04. The first-order valence-corrected chi connectivity index (χ1v) is 6.39. The van der Waals surface area contributed by atoms with Gasteiger partial charge >= 0.3 is 0 Å². The van der Waals surface area contributed by atoms with Crippen LogP contribution in [0.15, 0.2) is 65.6 Å². The van der Waals surface area contributed by atoms with Crippen molar-refractivity contribution in [2.24, 2.45) is 0 Å². The Morgan fingerprint density at radius 3 is 2.35 bits per heavy atom. The van der Waals surface area contributed by atoms with Crippen LogP contribution >= 0.6 is 0 Å². The van der Waals surface area contributed by atoms with Gasteiger partial charge in [-0.25, -0.2) is 4.68 Å². The number of aromatic amines is 1. The van der Waals surface area contributed by atoms with E-state index in [2.05, 4.69) is 10.1 Å². The van der Waals surface area contributed by atoms with Gasteiger partial charge in [-0.1, -0.05) is 36.4 Å². The Labute approximate surface area is 114 Å². The molecular formula is C16H11N3O. The molecule has 20 heavy (non-hydrogen) atoms. The number of fused-ring (bicyclic) bond motifs is 3. The molecule has 0 atom stereocenters. The van der Waals surface area contributed by atoms with Crippen molar-refractivity contribution >= 4 is 21.8 Å². The number of hydrogen-bond acceptors (Lipinski definition) is 2. The zero-order valence-electron chi connectivity index (χ0n) is 10.6. The Morgan fingerprint density at radius 2 is 1.55 bits per heavy atom. The van der Waals surface area contributed by atoms with Crippen molar-refractivity contribution in [2.75, 3.05) is 0 Å². The highest BCUT2D eigenvalue weighted by Gasteiger charge is 2.10. The first-order chi connectivity index (χ1) is 9.84. The average molecular weight is 261 g/mol. The van der Waals surface area contributed by atoms with Crippen LogP contribution in [0.1, 0.15) is 0 Å². The number of nitrogens with one attached hydrogen (secondary N) is 1. The Balaban J connectivity index is 2.15. The van der Waals surface area contributed by atoms with E-state index >= 15 is 0 Å². The molecule has 0 unspecified atom stereocenters. The summed E-state index contributed by atoms with van der Waals surface area (Å²) in [4.78, 5) is 15.1. The molecule has 96 valence electrons. The summed E-state index contributed by atoms with van der Waals surface area (Å²) in [5.41, 5.74) is 1.55. The third kappa shape index (κ3) is 1.48. The molecule has 0 amide bonds. The van der Waals surface area contributed by atoms with E-state index in [9.17, 15) is 4.79 Å². The lowest BCUT2D eigenvalue weighted by Gasteiger charge is -2.04. The lowest BCUT2D eigenvalue weighted by Crippen LogP contribution is -2.08. The van der Waals surface area contributed by atoms with E-state index < -0.39 is 0 Å². The van der Waals surface area contributed by atoms with Crippen LogP contribution in [0.2, 0.25) is 0 Å². The van der Waals surface area contributed by atoms with E-state index in [4.69, 9.17) is 0 Å². The first kappa shape index (κ1) is 11.0. The van der Waals surface area contributed by atoms with E-state index in [0.29, 0.717) is 5.39 Å². The maximum Gasteiger partial charge on any atom is 0.257 e. The second-order valence-corrected chi connectivity index (χ2v) is 4.65. The molecule has 2 aromatic carbocycles. The predicted octanol–water partition coefficient (Wildman–Crippen LogP) is 2.87. The molecule has 0 saturated heterocycles. The molecule has 2 aromatic heterocycles. The summed E-state index contributed by atoms with van der Waals surface area (Å²) >= 11 is 0. The fourth-order valence-corrected chi connectivity index (χ4v) is 2.52. The fourth-order valence-electron chi connectivity index (χ4n) is 2.52. The molecule has 4 rings (SSSR count). The van der Waals surface area contributed by atoms with Gasteiger partial charge in [0.1, 0.15) is 5.65 Å². The average Bonchev–Trinajstić information content (AvgIpc) is 2.92. The zero-order valence-corrected chi connectivity index (χ0v) is 10.6. The predicted molar refractivity (Wildman–Crippen MR) is 79.2 cm³/mol. The van der Waals surface area contributed by atoms with Crippen LogP contribution in [-0.2, 0) is 0 Å². The van der Waals surface area contributed by atoms with Gasteiger partial charge in [-0.05, 0) is 23.6 Å². The molecule has 2 heterocycles. The van der Waals surface area contributed by atoms with Crippen LogP contribution in [-0.4, -0.2) is 14.8 Å². The van der Waals surface area contributed by atoms with Crippen molar-refractivity contribution in [3.05, 3.63) is 71.1 Å². The number of aromatic nitrogens is 3. The topological polar surface area (TPSA) is 50.7 Å². The lowest BCUT2D eigenvalue weighted by atomic mass is 10.1. The van der Waals surface area contributed by atoms with Gasteiger partial charge in [0.15, 0.2) is 0 Å². The minimum absolute atomic E-state index is 0.0919. The van der Waals surface area contributed by atoms with Crippen molar-refractivity contribution in [3.8, 4) is 5.69 Å². The van der Waals surface area contributed by atoms with Gasteiger partial charge in [-0.3, -0.25) is 4.79 Å². The summed E-state index contributed by atoms with van der Waals surface area (Å²) in [7, 11) is 0. The smallest absolute Gasteiger partial charge is 0.257 e. The molecular weight excluding hydrogens is 250 g/mol. The first-order valence-electron chi connectivity index (χ1n) is 6.39. The number of para-hydroxylation sites is 1. The van der Waals surface area contributed by atoms with Crippen LogP contribution in [0, 0.1) is 0 Å². The molecule has 0 radical (unpaired) electrons. The second kappa shape index (κ2) is 4.06. The van der Waals surface area contributed by atoms with Crippen molar-refractivity contribution in [3.63, 3.8) is 0 Å². The third-order valence-electron chi connectivity index (χ3n) is 3.46. The quantitative estimate of drug-likeness (QED) is 0.572. The maximum atomic E-state index is 12.2. The Kier molecular flexibility index (Phi) is 2.23. The molecule has 0 fully saturated rings. The molecule has 4 nitrogen and oxygen atoms in total. The van der Waals surface area contributed by atoms with Crippen molar-refractivity contribution in [2.45, 2.75) is 0 Å². The van der Waals surface area contributed by atoms with Crippen LogP contribution in [0.4, 0.5) is 0 Å².